The molecule has 14 nitrogen and oxygen atoms in total. The van der Waals surface area contributed by atoms with Crippen molar-refractivity contribution < 1.29 is 49.1 Å². The number of aromatic hydroxyl groups is 2. The second-order valence-electron chi connectivity index (χ2n) is 10.0. The number of carbonyl (C=O) groups is 4. The quantitative estimate of drug-likeness (QED) is 0.0587. The highest BCUT2D eigenvalue weighted by molar-refractivity contribution is 6.11. The average Bonchev–Trinajstić information content (AvgIpc) is 3.09. The number of carboxylic acids is 2. The molecule has 248 valence electrons. The van der Waals surface area contributed by atoms with Crippen LogP contribution in [0.5, 0.6) is 23.0 Å². The van der Waals surface area contributed by atoms with Crippen molar-refractivity contribution >= 4 is 58.4 Å². The van der Waals surface area contributed by atoms with E-state index in [9.17, 15) is 39.6 Å². The summed E-state index contributed by atoms with van der Waals surface area (Å²) in [5.74, 6) is -4.18. The molecule has 0 saturated heterocycles. The molecule has 0 fully saturated rings. The first-order chi connectivity index (χ1) is 23.5. The predicted octanol–water partition coefficient (Wildman–Crippen LogP) is 7.60. The number of methoxy groups -OCH3 is 2. The third kappa shape index (κ3) is 9.07. The SMILES string of the molecule is COc1cc(/C=C/C(=O)CC(=O)/C=C/c2cc(N=Nc3ccccc3C(=O)O)c(O)c(OC)c2)cc(N=Nc2ccccc2C(=O)O)c1O. The third-order valence-corrected chi connectivity index (χ3v) is 6.67. The van der Waals surface area contributed by atoms with Crippen molar-refractivity contribution in [3.63, 3.8) is 0 Å². The number of hydrogen-bond donors (Lipinski definition) is 4. The van der Waals surface area contributed by atoms with Gasteiger partial charge in [-0.3, -0.25) is 9.59 Å². The summed E-state index contributed by atoms with van der Waals surface area (Å²) in [5, 5.41) is 55.6. The molecule has 0 aliphatic rings. The van der Waals surface area contributed by atoms with E-state index in [4.69, 9.17) is 9.47 Å². The molecule has 4 N–H and O–H groups in total. The zero-order chi connectivity index (χ0) is 35.5. The van der Waals surface area contributed by atoms with Crippen LogP contribution in [0, 0.1) is 0 Å². The predicted molar refractivity (Wildman–Crippen MR) is 177 cm³/mol. The van der Waals surface area contributed by atoms with Crippen LogP contribution in [0.1, 0.15) is 38.3 Å². The van der Waals surface area contributed by atoms with Gasteiger partial charge >= 0.3 is 11.9 Å². The van der Waals surface area contributed by atoms with Gasteiger partial charge in [-0.15, -0.1) is 20.5 Å². The minimum absolute atomic E-state index is 0.0170. The molecule has 0 aliphatic heterocycles. The number of aromatic carboxylic acids is 2. The fourth-order valence-electron chi connectivity index (χ4n) is 4.25. The number of azo groups is 2. The largest absolute Gasteiger partial charge is 0.503 e. The number of nitrogens with zero attached hydrogens (tertiary/aromatic N) is 4. The minimum atomic E-state index is -1.20. The van der Waals surface area contributed by atoms with Crippen molar-refractivity contribution in [2.45, 2.75) is 6.42 Å². The number of allylic oxidation sites excluding steroid dienone is 2. The van der Waals surface area contributed by atoms with Gasteiger partial charge < -0.3 is 29.9 Å². The molecular weight excluding hydrogens is 636 g/mol. The molecule has 49 heavy (non-hydrogen) atoms. The fraction of sp³-hybridized carbons (Fsp3) is 0.0857. The lowest BCUT2D eigenvalue weighted by atomic mass is 10.1. The first-order valence-electron chi connectivity index (χ1n) is 14.2. The number of hydrogen-bond acceptors (Lipinski definition) is 12. The van der Waals surface area contributed by atoms with E-state index in [-0.39, 0.29) is 56.9 Å². The van der Waals surface area contributed by atoms with Crippen LogP contribution in [0.4, 0.5) is 22.7 Å². The van der Waals surface area contributed by atoms with Gasteiger partial charge in [0.25, 0.3) is 0 Å². The first kappa shape index (κ1) is 34.9. The molecule has 0 spiro atoms. The normalized spacial score (nSPS) is 11.5. The molecule has 0 aromatic heterocycles. The van der Waals surface area contributed by atoms with Crippen LogP contribution in [0.25, 0.3) is 12.2 Å². The zero-order valence-electron chi connectivity index (χ0n) is 26.0. The van der Waals surface area contributed by atoms with Gasteiger partial charge in [-0.2, -0.15) is 0 Å². The first-order valence-corrected chi connectivity index (χ1v) is 14.2. The molecule has 0 atom stereocenters. The molecule has 0 radical (unpaired) electrons. The number of ketones is 2. The van der Waals surface area contributed by atoms with E-state index >= 15 is 0 Å². The summed E-state index contributed by atoms with van der Waals surface area (Å²) in [6.07, 6.45) is 4.60. The molecule has 0 aliphatic carbocycles. The Kier molecular flexibility index (Phi) is 11.4. The molecule has 0 unspecified atom stereocenters. The summed E-state index contributed by atoms with van der Waals surface area (Å²) in [7, 11) is 2.63. The number of rotatable bonds is 14. The maximum absolute atomic E-state index is 12.6. The summed E-state index contributed by atoms with van der Waals surface area (Å²) in [6, 6.07) is 17.5. The average molecular weight is 665 g/mol. The van der Waals surface area contributed by atoms with Gasteiger partial charge in [-0.05, 0) is 71.8 Å². The van der Waals surface area contributed by atoms with E-state index < -0.39 is 29.9 Å². The summed E-state index contributed by atoms with van der Waals surface area (Å²) < 4.78 is 10.4. The Hall–Kier alpha value is -6.96. The molecule has 4 rings (SSSR count). The Morgan fingerprint density at radius 1 is 0.592 bits per heavy atom. The Labute approximate surface area is 278 Å². The Morgan fingerprint density at radius 3 is 1.33 bits per heavy atom. The van der Waals surface area contributed by atoms with E-state index in [1.54, 1.807) is 12.1 Å². The molecule has 14 heteroatoms. The van der Waals surface area contributed by atoms with Gasteiger partial charge in [0.15, 0.2) is 34.6 Å². The minimum Gasteiger partial charge on any atom is -0.503 e. The van der Waals surface area contributed by atoms with Crippen LogP contribution in [-0.4, -0.2) is 58.2 Å². The molecular formula is C35H28N4O10. The summed E-state index contributed by atoms with van der Waals surface area (Å²) in [4.78, 5) is 48.1. The van der Waals surface area contributed by atoms with Crippen LogP contribution >= 0.6 is 0 Å². The zero-order valence-corrected chi connectivity index (χ0v) is 26.0. The number of ether oxygens (including phenoxy) is 2. The number of benzene rings is 4. The Bertz CT molecular complexity index is 1910. The van der Waals surface area contributed by atoms with E-state index in [0.29, 0.717) is 11.1 Å². The highest BCUT2D eigenvalue weighted by Gasteiger charge is 2.14. The van der Waals surface area contributed by atoms with Gasteiger partial charge in [0.1, 0.15) is 22.7 Å². The van der Waals surface area contributed by atoms with Crippen molar-refractivity contribution in [3.8, 4) is 23.0 Å². The van der Waals surface area contributed by atoms with Crippen LogP contribution in [-0.2, 0) is 9.59 Å². The van der Waals surface area contributed by atoms with Crippen molar-refractivity contribution in [3.05, 3.63) is 107 Å². The number of carbonyl (C=O) groups excluding carboxylic acids is 2. The molecule has 4 aromatic carbocycles. The van der Waals surface area contributed by atoms with Crippen LogP contribution < -0.4 is 9.47 Å². The second kappa shape index (κ2) is 16.0. The lowest BCUT2D eigenvalue weighted by Crippen LogP contribution is -2.01. The summed E-state index contributed by atoms with van der Waals surface area (Å²) in [6.45, 7) is 0. The highest BCUT2D eigenvalue weighted by Crippen LogP contribution is 2.40. The van der Waals surface area contributed by atoms with Gasteiger partial charge in [-0.25, -0.2) is 9.59 Å². The van der Waals surface area contributed by atoms with Gasteiger partial charge in [0, 0.05) is 0 Å². The van der Waals surface area contributed by atoms with Gasteiger partial charge in [0.05, 0.1) is 31.8 Å². The monoisotopic (exact) mass is 664 g/mol. The lowest BCUT2D eigenvalue weighted by molar-refractivity contribution is -0.121. The van der Waals surface area contributed by atoms with Crippen molar-refractivity contribution in [1.29, 1.82) is 0 Å². The molecule has 0 heterocycles. The van der Waals surface area contributed by atoms with Crippen molar-refractivity contribution in [2.24, 2.45) is 20.5 Å². The molecule has 0 saturated carbocycles. The highest BCUT2D eigenvalue weighted by atomic mass is 16.5. The van der Waals surface area contributed by atoms with Crippen molar-refractivity contribution in [1.82, 2.24) is 0 Å². The van der Waals surface area contributed by atoms with E-state index in [2.05, 4.69) is 20.5 Å². The molecule has 4 aromatic rings. The summed E-state index contributed by atoms with van der Waals surface area (Å²) in [5.41, 5.74) is 0.568. The molecule has 0 amide bonds. The maximum atomic E-state index is 12.6. The van der Waals surface area contributed by atoms with E-state index in [0.717, 1.165) is 12.2 Å². The topological polar surface area (TPSA) is 217 Å². The number of carboxylic acid groups (broad SMARTS) is 2. The smallest absolute Gasteiger partial charge is 0.337 e. The van der Waals surface area contributed by atoms with Crippen LogP contribution in [0.3, 0.4) is 0 Å². The second-order valence-corrected chi connectivity index (χ2v) is 10.0. The van der Waals surface area contributed by atoms with E-state index in [1.807, 2.05) is 0 Å². The van der Waals surface area contributed by atoms with E-state index in [1.165, 1.54) is 87.0 Å². The van der Waals surface area contributed by atoms with Gasteiger partial charge in [-0.1, -0.05) is 36.4 Å². The summed E-state index contributed by atoms with van der Waals surface area (Å²) >= 11 is 0. The Morgan fingerprint density at radius 2 is 0.959 bits per heavy atom. The lowest BCUT2D eigenvalue weighted by Gasteiger charge is -2.07. The number of phenols is 2. The van der Waals surface area contributed by atoms with Crippen molar-refractivity contribution in [2.75, 3.05) is 14.2 Å². The standard InChI is InChI=1S/C35H28N4O10/c1-48-30-17-20(15-28(32(30)42)38-36-26-9-5-3-7-24(26)34(44)45)11-13-22(40)19-23(41)14-12-21-16-29(33(43)31(18-21)49-2)39-37-27-10-6-4-8-25(27)35(46)47/h3-18,42-43H,19H2,1-2H3,(H,44,45)(H,46,47)/b13-11+,14-12+,38-36?,39-37?. The number of phenolic OH excluding ortho intramolecular Hbond substituents is 2. The fourth-order valence-corrected chi connectivity index (χ4v) is 4.25. The van der Waals surface area contributed by atoms with Crippen LogP contribution in [0.15, 0.2) is 105 Å². The van der Waals surface area contributed by atoms with Crippen LogP contribution in [0.2, 0.25) is 0 Å². The third-order valence-electron chi connectivity index (χ3n) is 6.67. The maximum Gasteiger partial charge on any atom is 0.337 e. The molecule has 0 bridgehead atoms. The van der Waals surface area contributed by atoms with Gasteiger partial charge in [0.2, 0.25) is 0 Å². The Balaban J connectivity index is 1.48.